The molecule has 2 fully saturated rings. The van der Waals surface area contributed by atoms with Crippen LogP contribution in [0.3, 0.4) is 0 Å². The number of hydrogen-bond acceptors (Lipinski definition) is 5. The molecule has 0 spiro atoms. The van der Waals surface area contributed by atoms with Crippen LogP contribution in [0.1, 0.15) is 17.5 Å². The van der Waals surface area contributed by atoms with Gasteiger partial charge in [0.05, 0.1) is 23.6 Å². The van der Waals surface area contributed by atoms with E-state index in [4.69, 9.17) is 4.52 Å². The molecular formula is C16H22N6O2. The number of nitrogens with zero attached hydrogens (tertiary/aromatic N) is 6. The normalized spacial score (nSPS) is 19.3. The molecule has 2 aliphatic rings. The molecule has 4 rings (SSSR count). The second-order valence-corrected chi connectivity index (χ2v) is 6.63. The van der Waals surface area contributed by atoms with Crippen molar-refractivity contribution in [2.75, 3.05) is 44.7 Å². The fourth-order valence-corrected chi connectivity index (χ4v) is 3.25. The van der Waals surface area contributed by atoms with Gasteiger partial charge < -0.3 is 9.42 Å². The number of likely N-dealkylation sites (N-methyl/N-ethyl adjacent to an activating group) is 1. The Kier molecular flexibility index (Phi) is 3.76. The minimum Gasteiger partial charge on any atom is -0.361 e. The Balaban J connectivity index is 1.29. The standard InChI is InChI=1S/C16H22N6O2/c1-12-7-15(24-18-12)3-4-20-9-14(10-20)22-11-13(8-17-22)21-6-5-19(2)16(21)23/h7-8,11,14H,3-6,9-10H2,1-2H3. The Hall–Kier alpha value is -2.35. The third-order valence-corrected chi connectivity index (χ3v) is 4.78. The fourth-order valence-electron chi connectivity index (χ4n) is 3.25. The number of amides is 2. The monoisotopic (exact) mass is 330 g/mol. The van der Waals surface area contributed by atoms with Crippen molar-refractivity contribution >= 4 is 11.7 Å². The molecule has 8 nitrogen and oxygen atoms in total. The van der Waals surface area contributed by atoms with Crippen molar-refractivity contribution in [2.45, 2.75) is 19.4 Å². The van der Waals surface area contributed by atoms with Gasteiger partial charge in [0.2, 0.25) is 0 Å². The maximum Gasteiger partial charge on any atom is 0.324 e. The Morgan fingerprint density at radius 2 is 2.17 bits per heavy atom. The summed E-state index contributed by atoms with van der Waals surface area (Å²) in [5.41, 5.74) is 1.82. The number of carbonyl (C=O) groups excluding carboxylic acids is 1. The Bertz CT molecular complexity index is 733. The van der Waals surface area contributed by atoms with Crippen LogP contribution in [0, 0.1) is 6.92 Å². The highest BCUT2D eigenvalue weighted by molar-refractivity contribution is 5.93. The van der Waals surface area contributed by atoms with E-state index in [0.29, 0.717) is 6.04 Å². The van der Waals surface area contributed by atoms with Gasteiger partial charge in [-0.1, -0.05) is 5.16 Å². The van der Waals surface area contributed by atoms with Crippen molar-refractivity contribution in [3.05, 3.63) is 29.9 Å². The van der Waals surface area contributed by atoms with E-state index in [9.17, 15) is 4.79 Å². The Labute approximate surface area is 140 Å². The van der Waals surface area contributed by atoms with Crippen molar-refractivity contribution in [3.63, 3.8) is 0 Å². The van der Waals surface area contributed by atoms with E-state index < -0.39 is 0 Å². The van der Waals surface area contributed by atoms with E-state index in [1.807, 2.05) is 30.9 Å². The molecule has 24 heavy (non-hydrogen) atoms. The molecule has 2 aromatic heterocycles. The molecule has 0 aliphatic carbocycles. The van der Waals surface area contributed by atoms with Gasteiger partial charge in [0.15, 0.2) is 0 Å². The van der Waals surface area contributed by atoms with Gasteiger partial charge in [-0.25, -0.2) is 4.79 Å². The summed E-state index contributed by atoms with van der Waals surface area (Å²) in [5.74, 6) is 0.939. The van der Waals surface area contributed by atoms with Crippen LogP contribution in [-0.2, 0) is 6.42 Å². The largest absolute Gasteiger partial charge is 0.361 e. The van der Waals surface area contributed by atoms with E-state index in [0.717, 1.165) is 56.3 Å². The minimum atomic E-state index is 0.0483. The van der Waals surface area contributed by atoms with Crippen LogP contribution in [-0.4, -0.2) is 70.5 Å². The van der Waals surface area contributed by atoms with Gasteiger partial charge >= 0.3 is 6.03 Å². The van der Waals surface area contributed by atoms with Crippen LogP contribution in [0.25, 0.3) is 0 Å². The first-order chi connectivity index (χ1) is 11.6. The van der Waals surface area contributed by atoms with Crippen LogP contribution in [0.5, 0.6) is 0 Å². The number of hydrogen-bond donors (Lipinski definition) is 0. The highest BCUT2D eigenvalue weighted by Crippen LogP contribution is 2.25. The van der Waals surface area contributed by atoms with Crippen LogP contribution >= 0.6 is 0 Å². The summed E-state index contributed by atoms with van der Waals surface area (Å²) in [6.45, 7) is 6.35. The third-order valence-electron chi connectivity index (χ3n) is 4.78. The summed E-state index contributed by atoms with van der Waals surface area (Å²) in [7, 11) is 1.83. The molecule has 8 heteroatoms. The molecular weight excluding hydrogens is 308 g/mol. The maximum absolute atomic E-state index is 12.0. The van der Waals surface area contributed by atoms with Gasteiger partial charge in [-0.15, -0.1) is 0 Å². The van der Waals surface area contributed by atoms with E-state index in [2.05, 4.69) is 15.2 Å². The number of carbonyl (C=O) groups is 1. The average molecular weight is 330 g/mol. The summed E-state index contributed by atoms with van der Waals surface area (Å²) in [6.07, 6.45) is 4.66. The number of aromatic nitrogens is 3. The molecule has 4 heterocycles. The molecule has 0 N–H and O–H groups in total. The van der Waals surface area contributed by atoms with Crippen LogP contribution < -0.4 is 4.90 Å². The first kappa shape index (κ1) is 15.2. The van der Waals surface area contributed by atoms with Crippen LogP contribution in [0.2, 0.25) is 0 Å². The molecule has 2 saturated heterocycles. The van der Waals surface area contributed by atoms with Gasteiger partial charge in [0, 0.05) is 58.5 Å². The average Bonchev–Trinajstić information content (AvgIpc) is 3.21. The van der Waals surface area contributed by atoms with Gasteiger partial charge in [-0.2, -0.15) is 5.10 Å². The second-order valence-electron chi connectivity index (χ2n) is 6.63. The van der Waals surface area contributed by atoms with Crippen molar-refractivity contribution in [1.82, 2.24) is 24.7 Å². The second kappa shape index (κ2) is 5.94. The van der Waals surface area contributed by atoms with E-state index in [1.54, 1.807) is 16.0 Å². The van der Waals surface area contributed by atoms with Crippen molar-refractivity contribution < 1.29 is 9.32 Å². The number of rotatable bonds is 5. The predicted molar refractivity (Wildman–Crippen MR) is 88.0 cm³/mol. The summed E-state index contributed by atoms with van der Waals surface area (Å²) in [5, 5.41) is 8.36. The molecule has 0 radical (unpaired) electrons. The number of urea groups is 1. The zero-order valence-corrected chi connectivity index (χ0v) is 14.1. The van der Waals surface area contributed by atoms with Gasteiger partial charge in [-0.3, -0.25) is 14.5 Å². The molecule has 0 atom stereocenters. The topological polar surface area (TPSA) is 70.6 Å². The molecule has 128 valence electrons. The Morgan fingerprint density at radius 3 is 2.83 bits per heavy atom. The first-order valence-electron chi connectivity index (χ1n) is 8.31. The van der Waals surface area contributed by atoms with E-state index in [1.165, 1.54) is 0 Å². The van der Waals surface area contributed by atoms with Crippen molar-refractivity contribution in [3.8, 4) is 0 Å². The smallest absolute Gasteiger partial charge is 0.324 e. The fraction of sp³-hybridized carbons (Fsp3) is 0.562. The highest BCUT2D eigenvalue weighted by Gasteiger charge is 2.31. The quantitative estimate of drug-likeness (QED) is 0.822. The van der Waals surface area contributed by atoms with Crippen LogP contribution in [0.15, 0.2) is 23.0 Å². The van der Waals surface area contributed by atoms with Gasteiger partial charge in [0.1, 0.15) is 5.76 Å². The zero-order chi connectivity index (χ0) is 16.7. The van der Waals surface area contributed by atoms with Gasteiger partial charge in [-0.05, 0) is 6.92 Å². The van der Waals surface area contributed by atoms with Gasteiger partial charge in [0.25, 0.3) is 0 Å². The molecule has 0 bridgehead atoms. The van der Waals surface area contributed by atoms with E-state index >= 15 is 0 Å². The zero-order valence-electron chi connectivity index (χ0n) is 14.1. The summed E-state index contributed by atoms with van der Waals surface area (Å²) in [4.78, 5) is 17.9. The predicted octanol–water partition coefficient (Wildman–Crippen LogP) is 1.15. The van der Waals surface area contributed by atoms with E-state index in [-0.39, 0.29) is 6.03 Å². The maximum atomic E-state index is 12.0. The summed E-state index contributed by atoms with van der Waals surface area (Å²) in [6, 6.07) is 2.42. The Morgan fingerprint density at radius 1 is 1.33 bits per heavy atom. The summed E-state index contributed by atoms with van der Waals surface area (Å²) >= 11 is 0. The van der Waals surface area contributed by atoms with Crippen molar-refractivity contribution in [2.24, 2.45) is 0 Å². The number of anilines is 1. The van der Waals surface area contributed by atoms with Crippen LogP contribution in [0.4, 0.5) is 10.5 Å². The lowest BCUT2D eigenvalue weighted by Gasteiger charge is -2.39. The number of aryl methyl sites for hydroxylation is 1. The molecule has 2 aliphatic heterocycles. The molecule has 2 amide bonds. The lowest BCUT2D eigenvalue weighted by Crippen LogP contribution is -2.48. The highest BCUT2D eigenvalue weighted by atomic mass is 16.5. The minimum absolute atomic E-state index is 0.0483. The molecule has 2 aromatic rings. The number of likely N-dealkylation sites (tertiary alicyclic amines) is 1. The summed E-state index contributed by atoms with van der Waals surface area (Å²) < 4.78 is 7.22. The third kappa shape index (κ3) is 2.77. The molecule has 0 unspecified atom stereocenters. The first-order valence-corrected chi connectivity index (χ1v) is 8.31. The molecule has 0 saturated carbocycles. The SMILES string of the molecule is Cc1cc(CCN2CC(n3cc(N4CCN(C)C4=O)cn3)C2)on1. The lowest BCUT2D eigenvalue weighted by molar-refractivity contribution is 0.0978. The lowest BCUT2D eigenvalue weighted by atomic mass is 10.1. The molecule has 0 aromatic carbocycles. The van der Waals surface area contributed by atoms with Crippen molar-refractivity contribution in [1.29, 1.82) is 0 Å².